The molecule has 1 aromatic rings. The van der Waals surface area contributed by atoms with E-state index in [4.69, 9.17) is 5.11 Å². The Kier molecular flexibility index (Phi) is 4.93. The molecule has 0 atom stereocenters. The second kappa shape index (κ2) is 6.57. The molecule has 23 heavy (non-hydrogen) atoms. The van der Waals surface area contributed by atoms with Crippen LogP contribution in [0.1, 0.15) is 24.0 Å². The van der Waals surface area contributed by atoms with E-state index >= 15 is 0 Å². The minimum absolute atomic E-state index is 0.0443. The van der Waals surface area contributed by atoms with Crippen molar-refractivity contribution in [3.8, 4) is 0 Å². The Morgan fingerprint density at radius 3 is 2.48 bits per heavy atom. The highest BCUT2D eigenvalue weighted by Gasteiger charge is 2.35. The SMILES string of the molecule is Cc1cc(NC(=O)C(=O)N(CCO)C2CC2)ccc1C(F)(F)F. The molecule has 0 aliphatic heterocycles. The van der Waals surface area contributed by atoms with Crippen molar-refractivity contribution in [2.75, 3.05) is 18.5 Å². The summed E-state index contributed by atoms with van der Waals surface area (Å²) < 4.78 is 38.1. The molecule has 0 aromatic heterocycles. The average Bonchev–Trinajstić information content (AvgIpc) is 3.27. The number of rotatable bonds is 4. The highest BCUT2D eigenvalue weighted by Crippen LogP contribution is 2.33. The zero-order valence-corrected chi connectivity index (χ0v) is 12.5. The number of anilines is 1. The Hall–Kier alpha value is -2.09. The van der Waals surface area contributed by atoms with Gasteiger partial charge in [0.25, 0.3) is 0 Å². The van der Waals surface area contributed by atoms with Crippen LogP contribution < -0.4 is 5.32 Å². The standard InChI is InChI=1S/C15H17F3N2O3/c1-9-8-10(2-5-12(9)15(16,17)18)19-13(22)14(23)20(6-7-21)11-3-4-11/h2,5,8,11,21H,3-4,6-7H2,1H3,(H,19,22). The number of aliphatic hydroxyl groups is 1. The first kappa shape index (κ1) is 17.3. The van der Waals surface area contributed by atoms with Gasteiger partial charge in [0.1, 0.15) is 0 Å². The molecule has 2 rings (SSSR count). The molecule has 0 bridgehead atoms. The molecule has 2 amide bonds. The maximum atomic E-state index is 12.7. The van der Waals surface area contributed by atoms with Crippen LogP contribution in [0.4, 0.5) is 18.9 Å². The fourth-order valence-electron chi connectivity index (χ4n) is 2.32. The summed E-state index contributed by atoms with van der Waals surface area (Å²) in [7, 11) is 0. The second-order valence-corrected chi connectivity index (χ2v) is 5.43. The molecular weight excluding hydrogens is 313 g/mol. The Morgan fingerprint density at radius 1 is 1.35 bits per heavy atom. The molecular formula is C15H17F3N2O3. The van der Waals surface area contributed by atoms with E-state index < -0.39 is 23.6 Å². The first-order valence-electron chi connectivity index (χ1n) is 7.14. The van der Waals surface area contributed by atoms with E-state index in [0.29, 0.717) is 0 Å². The van der Waals surface area contributed by atoms with E-state index in [-0.39, 0.29) is 30.4 Å². The topological polar surface area (TPSA) is 69.6 Å². The summed E-state index contributed by atoms with van der Waals surface area (Å²) >= 11 is 0. The lowest BCUT2D eigenvalue weighted by Gasteiger charge is -2.20. The molecule has 0 saturated heterocycles. The summed E-state index contributed by atoms with van der Waals surface area (Å²) in [5.74, 6) is -1.72. The van der Waals surface area contributed by atoms with Crippen LogP contribution in [0.15, 0.2) is 18.2 Å². The lowest BCUT2D eigenvalue weighted by molar-refractivity contribution is -0.143. The van der Waals surface area contributed by atoms with Crippen LogP contribution in [0.5, 0.6) is 0 Å². The van der Waals surface area contributed by atoms with E-state index in [1.54, 1.807) is 0 Å². The van der Waals surface area contributed by atoms with Gasteiger partial charge in [-0.3, -0.25) is 9.59 Å². The number of aliphatic hydroxyl groups excluding tert-OH is 1. The highest BCUT2D eigenvalue weighted by molar-refractivity contribution is 6.39. The molecule has 0 radical (unpaired) electrons. The van der Waals surface area contributed by atoms with Crippen molar-refractivity contribution in [1.82, 2.24) is 4.90 Å². The number of amides is 2. The van der Waals surface area contributed by atoms with Crippen molar-refractivity contribution < 1.29 is 27.9 Å². The zero-order chi connectivity index (χ0) is 17.2. The Morgan fingerprint density at radius 2 is 2.00 bits per heavy atom. The van der Waals surface area contributed by atoms with Gasteiger partial charge in [-0.15, -0.1) is 0 Å². The molecule has 1 aliphatic carbocycles. The Labute approximate surface area is 131 Å². The molecule has 8 heteroatoms. The minimum Gasteiger partial charge on any atom is -0.395 e. The third-order valence-corrected chi connectivity index (χ3v) is 3.57. The van der Waals surface area contributed by atoms with E-state index in [9.17, 15) is 22.8 Å². The number of benzene rings is 1. The van der Waals surface area contributed by atoms with Crippen molar-refractivity contribution >= 4 is 17.5 Å². The smallest absolute Gasteiger partial charge is 0.395 e. The number of hydrogen-bond acceptors (Lipinski definition) is 3. The number of aryl methyl sites for hydroxylation is 1. The largest absolute Gasteiger partial charge is 0.416 e. The fraction of sp³-hybridized carbons (Fsp3) is 0.467. The van der Waals surface area contributed by atoms with Gasteiger partial charge in [-0.1, -0.05) is 0 Å². The van der Waals surface area contributed by atoms with Crippen LogP contribution in [0.25, 0.3) is 0 Å². The van der Waals surface area contributed by atoms with Crippen molar-refractivity contribution in [2.45, 2.75) is 32.0 Å². The van der Waals surface area contributed by atoms with Gasteiger partial charge in [-0.05, 0) is 43.5 Å². The van der Waals surface area contributed by atoms with Gasteiger partial charge in [-0.2, -0.15) is 13.2 Å². The molecule has 1 aromatic carbocycles. The fourth-order valence-corrected chi connectivity index (χ4v) is 2.32. The molecule has 126 valence electrons. The van der Waals surface area contributed by atoms with Gasteiger partial charge in [0.2, 0.25) is 0 Å². The number of nitrogens with zero attached hydrogens (tertiary/aromatic N) is 1. The molecule has 0 spiro atoms. The van der Waals surface area contributed by atoms with Gasteiger partial charge in [-0.25, -0.2) is 0 Å². The lowest BCUT2D eigenvalue weighted by atomic mass is 10.1. The van der Waals surface area contributed by atoms with Gasteiger partial charge < -0.3 is 15.3 Å². The monoisotopic (exact) mass is 330 g/mol. The summed E-state index contributed by atoms with van der Waals surface area (Å²) in [6, 6.07) is 3.09. The van der Waals surface area contributed by atoms with Crippen molar-refractivity contribution in [1.29, 1.82) is 0 Å². The second-order valence-electron chi connectivity index (χ2n) is 5.43. The predicted molar refractivity (Wildman–Crippen MR) is 76.6 cm³/mol. The summed E-state index contributed by atoms with van der Waals surface area (Å²) in [6.45, 7) is 1.08. The first-order valence-corrected chi connectivity index (χ1v) is 7.14. The third-order valence-electron chi connectivity index (χ3n) is 3.57. The normalized spacial score (nSPS) is 14.5. The van der Waals surface area contributed by atoms with Crippen LogP contribution in [-0.4, -0.2) is 41.0 Å². The average molecular weight is 330 g/mol. The van der Waals surface area contributed by atoms with Gasteiger partial charge in [0.15, 0.2) is 0 Å². The highest BCUT2D eigenvalue weighted by atomic mass is 19.4. The lowest BCUT2D eigenvalue weighted by Crippen LogP contribution is -2.42. The number of halogens is 3. The summed E-state index contributed by atoms with van der Waals surface area (Å²) in [5.41, 5.74) is -0.715. The Bertz CT molecular complexity index is 612. The minimum atomic E-state index is -4.47. The molecule has 0 heterocycles. The van der Waals surface area contributed by atoms with Crippen molar-refractivity contribution in [3.63, 3.8) is 0 Å². The molecule has 1 fully saturated rings. The maximum Gasteiger partial charge on any atom is 0.416 e. The number of carbonyl (C=O) groups excluding carboxylic acids is 2. The Balaban J connectivity index is 2.07. The summed E-state index contributed by atoms with van der Waals surface area (Å²) in [5, 5.41) is 11.2. The van der Waals surface area contributed by atoms with Crippen LogP contribution in [0.3, 0.4) is 0 Å². The van der Waals surface area contributed by atoms with E-state index in [1.165, 1.54) is 17.9 Å². The molecule has 0 unspecified atom stereocenters. The first-order chi connectivity index (χ1) is 10.7. The third kappa shape index (κ3) is 4.22. The molecule has 5 nitrogen and oxygen atoms in total. The van der Waals surface area contributed by atoms with Crippen molar-refractivity contribution in [2.24, 2.45) is 0 Å². The summed E-state index contributed by atoms with van der Waals surface area (Å²) in [6.07, 6.45) is -2.91. The van der Waals surface area contributed by atoms with Crippen LogP contribution in [0, 0.1) is 6.92 Å². The quantitative estimate of drug-likeness (QED) is 0.829. The van der Waals surface area contributed by atoms with E-state index in [2.05, 4.69) is 5.32 Å². The van der Waals surface area contributed by atoms with Gasteiger partial charge >= 0.3 is 18.0 Å². The van der Waals surface area contributed by atoms with E-state index in [0.717, 1.165) is 25.0 Å². The summed E-state index contributed by atoms with van der Waals surface area (Å²) in [4.78, 5) is 25.3. The van der Waals surface area contributed by atoms with Crippen LogP contribution >= 0.6 is 0 Å². The number of hydrogen-bond donors (Lipinski definition) is 2. The molecule has 2 N–H and O–H groups in total. The van der Waals surface area contributed by atoms with Crippen LogP contribution in [0.2, 0.25) is 0 Å². The molecule has 1 aliphatic rings. The predicted octanol–water partition coefficient (Wildman–Crippen LogP) is 1.94. The van der Waals surface area contributed by atoms with Gasteiger partial charge in [0.05, 0.1) is 12.2 Å². The van der Waals surface area contributed by atoms with Gasteiger partial charge in [0, 0.05) is 18.3 Å². The number of nitrogens with one attached hydrogen (secondary N) is 1. The maximum absolute atomic E-state index is 12.7. The zero-order valence-electron chi connectivity index (χ0n) is 12.5. The van der Waals surface area contributed by atoms with Crippen molar-refractivity contribution in [3.05, 3.63) is 29.3 Å². The van der Waals surface area contributed by atoms with Crippen LogP contribution in [-0.2, 0) is 15.8 Å². The van der Waals surface area contributed by atoms with E-state index in [1.807, 2.05) is 0 Å². The number of carbonyl (C=O) groups is 2. The number of alkyl halides is 3. The molecule has 1 saturated carbocycles.